The lowest BCUT2D eigenvalue weighted by molar-refractivity contribution is -0.116. The van der Waals surface area contributed by atoms with Crippen LogP contribution in [0.25, 0.3) is 0 Å². The molecule has 0 saturated carbocycles. The molecule has 0 bridgehead atoms. The quantitative estimate of drug-likeness (QED) is 0.626. The molecule has 0 radical (unpaired) electrons. The molecule has 1 atom stereocenters. The number of pyridine rings is 1. The molecule has 5 nitrogen and oxygen atoms in total. The van der Waals surface area contributed by atoms with Gasteiger partial charge in [-0.2, -0.15) is 0 Å². The zero-order valence-electron chi connectivity index (χ0n) is 15.2. The molecule has 6 heteroatoms. The Morgan fingerprint density at radius 1 is 1.12 bits per heavy atom. The molecule has 26 heavy (non-hydrogen) atoms. The first-order valence-corrected chi connectivity index (χ1v) is 9.78. The summed E-state index contributed by atoms with van der Waals surface area (Å²) in [6, 6.07) is 13.0. The van der Waals surface area contributed by atoms with E-state index in [1.54, 1.807) is 12.3 Å². The molecule has 2 N–H and O–H groups in total. The Kier molecular flexibility index (Phi) is 8.15. The highest BCUT2D eigenvalue weighted by Crippen LogP contribution is 2.28. The fourth-order valence-corrected chi connectivity index (χ4v) is 3.35. The van der Waals surface area contributed by atoms with Crippen LogP contribution in [0.4, 0.5) is 11.5 Å². The predicted octanol–water partition coefficient (Wildman–Crippen LogP) is 4.72. The molecule has 0 fully saturated rings. The topological polar surface area (TPSA) is 71.1 Å². The highest BCUT2D eigenvalue weighted by atomic mass is 32.2. The second-order valence-electron chi connectivity index (χ2n) is 5.90. The van der Waals surface area contributed by atoms with Crippen LogP contribution < -0.4 is 10.6 Å². The minimum absolute atomic E-state index is 0.0222. The predicted molar refractivity (Wildman–Crippen MR) is 107 cm³/mol. The van der Waals surface area contributed by atoms with Gasteiger partial charge < -0.3 is 10.6 Å². The van der Waals surface area contributed by atoms with Crippen molar-refractivity contribution in [3.05, 3.63) is 48.7 Å². The minimum Gasteiger partial charge on any atom is -0.326 e. The van der Waals surface area contributed by atoms with Crippen molar-refractivity contribution in [2.24, 2.45) is 0 Å². The number of thioether (sulfide) groups is 1. The van der Waals surface area contributed by atoms with Crippen LogP contribution in [0.2, 0.25) is 0 Å². The molecular weight excluding hydrogens is 346 g/mol. The van der Waals surface area contributed by atoms with Crippen LogP contribution in [0.5, 0.6) is 0 Å². The third kappa shape index (κ3) is 6.52. The van der Waals surface area contributed by atoms with Gasteiger partial charge in [0.25, 0.3) is 0 Å². The van der Waals surface area contributed by atoms with E-state index in [4.69, 9.17) is 0 Å². The third-order valence-electron chi connectivity index (χ3n) is 3.73. The maximum absolute atomic E-state index is 12.5. The first-order chi connectivity index (χ1) is 12.6. The Morgan fingerprint density at radius 2 is 1.96 bits per heavy atom. The summed E-state index contributed by atoms with van der Waals surface area (Å²) in [7, 11) is 0. The maximum atomic E-state index is 12.5. The minimum atomic E-state index is -0.233. The average molecular weight is 372 g/mol. The Bertz CT molecular complexity index is 722. The zero-order chi connectivity index (χ0) is 18.8. The van der Waals surface area contributed by atoms with Crippen molar-refractivity contribution in [1.29, 1.82) is 0 Å². The zero-order valence-corrected chi connectivity index (χ0v) is 16.0. The van der Waals surface area contributed by atoms with Crippen molar-refractivity contribution in [2.45, 2.75) is 49.7 Å². The van der Waals surface area contributed by atoms with E-state index in [-0.39, 0.29) is 17.1 Å². The van der Waals surface area contributed by atoms with Crippen molar-refractivity contribution in [3.8, 4) is 0 Å². The van der Waals surface area contributed by atoms with E-state index in [0.29, 0.717) is 18.7 Å². The molecule has 2 amide bonds. The fraction of sp³-hybridized carbons (Fsp3) is 0.350. The Hall–Kier alpha value is -2.34. The van der Waals surface area contributed by atoms with Crippen LogP contribution in [0.1, 0.15) is 39.5 Å². The molecule has 0 aliphatic rings. The average Bonchev–Trinajstić information content (AvgIpc) is 2.65. The summed E-state index contributed by atoms with van der Waals surface area (Å²) in [6.45, 7) is 4.04. The van der Waals surface area contributed by atoms with Crippen LogP contribution in [0.15, 0.2) is 53.6 Å². The lowest BCUT2D eigenvalue weighted by atomic mass is 10.2. The lowest BCUT2D eigenvalue weighted by Gasteiger charge is -2.15. The van der Waals surface area contributed by atoms with Gasteiger partial charge >= 0.3 is 0 Å². The van der Waals surface area contributed by atoms with Crippen molar-refractivity contribution < 1.29 is 9.59 Å². The number of carbonyl (C=O) groups excluding carboxylic acids is 2. The molecule has 2 aromatic rings. The van der Waals surface area contributed by atoms with Gasteiger partial charge in [-0.1, -0.05) is 32.4 Å². The molecule has 0 saturated heterocycles. The number of unbranched alkanes of at least 4 members (excludes halogenated alkanes) is 1. The largest absolute Gasteiger partial charge is 0.326 e. The number of hydrogen-bond donors (Lipinski definition) is 2. The highest BCUT2D eigenvalue weighted by Gasteiger charge is 2.18. The number of nitrogens with one attached hydrogen (secondary N) is 2. The first-order valence-electron chi connectivity index (χ1n) is 8.90. The molecular formula is C20H25N3O2S. The summed E-state index contributed by atoms with van der Waals surface area (Å²) in [5, 5.41) is 5.52. The van der Waals surface area contributed by atoms with Crippen LogP contribution in [0.3, 0.4) is 0 Å². The van der Waals surface area contributed by atoms with Crippen molar-refractivity contribution in [1.82, 2.24) is 4.98 Å². The Labute approximate surface area is 159 Å². The van der Waals surface area contributed by atoms with Crippen LogP contribution in [-0.4, -0.2) is 22.0 Å². The molecule has 1 aromatic heterocycles. The Morgan fingerprint density at radius 3 is 2.65 bits per heavy atom. The number of carbonyl (C=O) groups is 2. The fourth-order valence-electron chi connectivity index (χ4n) is 2.34. The van der Waals surface area contributed by atoms with Crippen LogP contribution >= 0.6 is 11.8 Å². The van der Waals surface area contributed by atoms with E-state index in [0.717, 1.165) is 23.4 Å². The number of amides is 2. The van der Waals surface area contributed by atoms with Crippen molar-refractivity contribution >= 4 is 35.1 Å². The third-order valence-corrected chi connectivity index (χ3v) is 5.09. The number of aromatic nitrogens is 1. The van der Waals surface area contributed by atoms with Crippen molar-refractivity contribution in [3.63, 3.8) is 0 Å². The van der Waals surface area contributed by atoms with E-state index < -0.39 is 0 Å². The summed E-state index contributed by atoms with van der Waals surface area (Å²) >= 11 is 1.48. The molecule has 0 aliphatic carbocycles. The summed E-state index contributed by atoms with van der Waals surface area (Å²) in [5.74, 6) is 0.496. The monoisotopic (exact) mass is 371 g/mol. The van der Waals surface area contributed by atoms with Crippen LogP contribution in [0, 0.1) is 0 Å². The second kappa shape index (κ2) is 10.6. The van der Waals surface area contributed by atoms with Gasteiger partial charge in [0.15, 0.2) is 0 Å². The van der Waals surface area contributed by atoms with E-state index in [2.05, 4.69) is 22.5 Å². The highest BCUT2D eigenvalue weighted by molar-refractivity contribution is 8.00. The maximum Gasteiger partial charge on any atom is 0.239 e. The summed E-state index contributed by atoms with van der Waals surface area (Å²) < 4.78 is 0. The normalized spacial score (nSPS) is 11.6. The molecule has 2 rings (SSSR count). The van der Waals surface area contributed by atoms with Gasteiger partial charge in [-0.25, -0.2) is 4.98 Å². The van der Waals surface area contributed by atoms with E-state index in [1.807, 2.05) is 43.3 Å². The van der Waals surface area contributed by atoms with E-state index in [1.165, 1.54) is 11.8 Å². The summed E-state index contributed by atoms with van der Waals surface area (Å²) in [6.07, 6.45) is 4.74. The smallest absolute Gasteiger partial charge is 0.239 e. The van der Waals surface area contributed by atoms with E-state index >= 15 is 0 Å². The standard InChI is InChI=1S/C20H25N3O2S/c1-3-5-12-19(24)22-15-9-8-10-16(14-15)26-17(4-2)20(25)23-18-11-6-7-13-21-18/h6-11,13-14,17H,3-5,12H2,1-2H3,(H,22,24)(H,21,23,25). The molecule has 1 unspecified atom stereocenters. The van der Waals surface area contributed by atoms with Gasteiger partial charge in [-0.05, 0) is 43.2 Å². The molecule has 1 heterocycles. The SMILES string of the molecule is CCCCC(=O)Nc1cccc(SC(CC)C(=O)Nc2ccccn2)c1. The number of rotatable bonds is 9. The van der Waals surface area contributed by atoms with Gasteiger partial charge in [0.05, 0.1) is 5.25 Å². The van der Waals surface area contributed by atoms with E-state index in [9.17, 15) is 9.59 Å². The molecule has 0 aliphatic heterocycles. The second-order valence-corrected chi connectivity index (χ2v) is 7.17. The van der Waals surface area contributed by atoms with Gasteiger partial charge in [0.2, 0.25) is 11.8 Å². The molecule has 138 valence electrons. The molecule has 1 aromatic carbocycles. The number of hydrogen-bond acceptors (Lipinski definition) is 4. The van der Waals surface area contributed by atoms with Gasteiger partial charge in [0, 0.05) is 23.2 Å². The Balaban J connectivity index is 1.97. The van der Waals surface area contributed by atoms with Crippen LogP contribution in [-0.2, 0) is 9.59 Å². The first kappa shape index (κ1) is 20.0. The van der Waals surface area contributed by atoms with Gasteiger partial charge in [-0.3, -0.25) is 9.59 Å². The number of nitrogens with zero attached hydrogens (tertiary/aromatic N) is 1. The number of benzene rings is 1. The number of anilines is 2. The van der Waals surface area contributed by atoms with Crippen molar-refractivity contribution in [2.75, 3.05) is 10.6 Å². The molecule has 0 spiro atoms. The van der Waals surface area contributed by atoms with Gasteiger partial charge in [0.1, 0.15) is 5.82 Å². The lowest BCUT2D eigenvalue weighted by Crippen LogP contribution is -2.25. The summed E-state index contributed by atoms with van der Waals surface area (Å²) in [4.78, 5) is 29.4. The summed E-state index contributed by atoms with van der Waals surface area (Å²) in [5.41, 5.74) is 0.760. The van der Waals surface area contributed by atoms with Gasteiger partial charge in [-0.15, -0.1) is 11.8 Å².